The van der Waals surface area contributed by atoms with Crippen LogP contribution in [0.1, 0.15) is 28.8 Å². The Balaban J connectivity index is 1.27. The third-order valence-corrected chi connectivity index (χ3v) is 6.94. The van der Waals surface area contributed by atoms with Crippen molar-refractivity contribution in [2.24, 2.45) is 0 Å². The van der Waals surface area contributed by atoms with Gasteiger partial charge in [-0.15, -0.1) is 0 Å². The molecule has 0 spiro atoms. The molecule has 0 aromatic heterocycles. The van der Waals surface area contributed by atoms with E-state index in [1.807, 2.05) is 54.6 Å². The van der Waals surface area contributed by atoms with Crippen molar-refractivity contribution in [1.82, 2.24) is 4.90 Å². The first-order valence-corrected chi connectivity index (χ1v) is 12.6. The summed E-state index contributed by atoms with van der Waals surface area (Å²) in [6, 6.07) is 24.5. The van der Waals surface area contributed by atoms with Crippen LogP contribution in [-0.2, 0) is 14.3 Å². The van der Waals surface area contributed by atoms with Crippen molar-refractivity contribution in [3.63, 3.8) is 0 Å². The van der Waals surface area contributed by atoms with Gasteiger partial charge in [0, 0.05) is 18.7 Å². The van der Waals surface area contributed by atoms with Crippen LogP contribution in [0.15, 0.2) is 83.8 Å². The first-order valence-electron chi connectivity index (χ1n) is 11.3. The molecule has 2 amide bonds. The fourth-order valence-electron chi connectivity index (χ4n) is 3.68. The predicted molar refractivity (Wildman–Crippen MR) is 147 cm³/mol. The molecular weight excluding hydrogens is 492 g/mol. The molecule has 36 heavy (non-hydrogen) atoms. The lowest BCUT2D eigenvalue weighted by Crippen LogP contribution is -2.29. The quantitative estimate of drug-likeness (QED) is 0.233. The number of ether oxygens (including phenoxy) is 1. The van der Waals surface area contributed by atoms with Crippen molar-refractivity contribution in [2.75, 3.05) is 19.0 Å². The van der Waals surface area contributed by atoms with Gasteiger partial charge in [0.05, 0.1) is 17.6 Å². The molecule has 0 saturated carbocycles. The Labute approximate surface area is 219 Å². The van der Waals surface area contributed by atoms with E-state index in [2.05, 4.69) is 5.32 Å². The molecule has 1 heterocycles. The Morgan fingerprint density at radius 2 is 1.64 bits per heavy atom. The molecule has 1 aliphatic rings. The third kappa shape index (κ3) is 6.27. The van der Waals surface area contributed by atoms with Crippen LogP contribution in [-0.4, -0.2) is 40.7 Å². The van der Waals surface area contributed by atoms with Gasteiger partial charge in [-0.3, -0.25) is 14.5 Å². The number of nitrogens with one attached hydrogen (secondary N) is 1. The van der Waals surface area contributed by atoms with E-state index < -0.39 is 5.97 Å². The molecule has 6 nitrogen and oxygen atoms in total. The van der Waals surface area contributed by atoms with Gasteiger partial charge >= 0.3 is 5.97 Å². The second kappa shape index (κ2) is 11.8. The van der Waals surface area contributed by atoms with E-state index in [1.54, 1.807) is 30.3 Å². The van der Waals surface area contributed by atoms with Crippen molar-refractivity contribution < 1.29 is 19.1 Å². The number of hydrogen-bond acceptors (Lipinski definition) is 6. The summed E-state index contributed by atoms with van der Waals surface area (Å²) in [5.41, 5.74) is 4.14. The third-order valence-electron chi connectivity index (χ3n) is 5.56. The maximum atomic E-state index is 12.8. The van der Waals surface area contributed by atoms with Gasteiger partial charge in [0.15, 0.2) is 0 Å². The summed E-state index contributed by atoms with van der Waals surface area (Å²) in [4.78, 5) is 38.9. The Kier molecular flexibility index (Phi) is 8.30. The Morgan fingerprint density at radius 1 is 0.972 bits per heavy atom. The number of carbonyl (C=O) groups excluding carboxylic acids is 3. The summed E-state index contributed by atoms with van der Waals surface area (Å²) < 4.78 is 5.17. The highest BCUT2D eigenvalue weighted by atomic mass is 32.2. The molecule has 1 aliphatic heterocycles. The van der Waals surface area contributed by atoms with E-state index in [0.29, 0.717) is 27.8 Å². The van der Waals surface area contributed by atoms with Gasteiger partial charge in [0.1, 0.15) is 4.32 Å². The summed E-state index contributed by atoms with van der Waals surface area (Å²) in [5, 5.41) is 2.90. The summed E-state index contributed by atoms with van der Waals surface area (Å²) in [6.07, 6.45) is 2.50. The van der Waals surface area contributed by atoms with Crippen LogP contribution in [0, 0.1) is 0 Å². The zero-order chi connectivity index (χ0) is 25.5. The molecule has 8 heteroatoms. The lowest BCUT2D eigenvalue weighted by Gasteiger charge is -2.14. The molecule has 0 unspecified atom stereocenters. The van der Waals surface area contributed by atoms with Gasteiger partial charge < -0.3 is 10.1 Å². The number of amides is 2. The van der Waals surface area contributed by atoms with E-state index in [4.69, 9.17) is 17.0 Å². The fraction of sp³-hybridized carbons (Fsp3) is 0.143. The molecule has 0 atom stereocenters. The van der Waals surface area contributed by atoms with Crippen LogP contribution < -0.4 is 5.32 Å². The lowest BCUT2D eigenvalue weighted by atomic mass is 10.1. The molecule has 3 aromatic carbocycles. The Hall–Kier alpha value is -3.75. The van der Waals surface area contributed by atoms with E-state index in [0.717, 1.165) is 22.4 Å². The van der Waals surface area contributed by atoms with E-state index in [-0.39, 0.29) is 18.2 Å². The van der Waals surface area contributed by atoms with Crippen LogP contribution in [0.3, 0.4) is 0 Å². The highest BCUT2D eigenvalue weighted by Gasteiger charge is 2.31. The molecule has 1 saturated heterocycles. The van der Waals surface area contributed by atoms with Gasteiger partial charge in [-0.1, -0.05) is 78.6 Å². The summed E-state index contributed by atoms with van der Waals surface area (Å²) in [6.45, 7) is 0.365. The molecule has 0 aliphatic carbocycles. The average Bonchev–Trinajstić information content (AvgIpc) is 3.17. The van der Waals surface area contributed by atoms with Crippen molar-refractivity contribution in [2.45, 2.75) is 12.8 Å². The molecule has 1 fully saturated rings. The molecule has 3 aromatic rings. The number of thiocarbonyl (C=S) groups is 1. The molecule has 1 N–H and O–H groups in total. The van der Waals surface area contributed by atoms with E-state index in [1.165, 1.54) is 23.8 Å². The number of esters is 1. The molecule has 0 bridgehead atoms. The van der Waals surface area contributed by atoms with Crippen molar-refractivity contribution in [1.29, 1.82) is 0 Å². The summed E-state index contributed by atoms with van der Waals surface area (Å²) >= 11 is 6.61. The van der Waals surface area contributed by atoms with Crippen LogP contribution in [0.5, 0.6) is 0 Å². The number of nitrogens with zero attached hydrogens (tertiary/aromatic N) is 1. The Bertz CT molecular complexity index is 1300. The standard InChI is InChI=1S/C28H24N2O4S2/c1-34-27(33)22-11-9-19(10-12-22)18-24-26(32)30(28(35)36-24)17-5-8-25(31)29-23-15-13-21(14-16-23)20-6-3-2-4-7-20/h2-4,6-7,9-16,18H,5,8,17H2,1H3,(H,29,31). The highest BCUT2D eigenvalue weighted by molar-refractivity contribution is 8.26. The van der Waals surface area contributed by atoms with Gasteiger partial charge in [0.2, 0.25) is 5.91 Å². The van der Waals surface area contributed by atoms with Gasteiger partial charge in [0.25, 0.3) is 5.91 Å². The minimum Gasteiger partial charge on any atom is -0.465 e. The first-order chi connectivity index (χ1) is 17.4. The SMILES string of the molecule is COC(=O)c1ccc(C=C2SC(=S)N(CCCC(=O)Nc3ccc(-c4ccccc4)cc3)C2=O)cc1. The zero-order valence-corrected chi connectivity index (χ0v) is 21.2. The average molecular weight is 517 g/mol. The minimum atomic E-state index is -0.416. The number of hydrogen-bond donors (Lipinski definition) is 1. The topological polar surface area (TPSA) is 75.7 Å². The number of anilines is 1. The minimum absolute atomic E-state index is 0.117. The normalized spacial score (nSPS) is 14.2. The fourth-order valence-corrected chi connectivity index (χ4v) is 4.98. The second-order valence-electron chi connectivity index (χ2n) is 8.04. The van der Waals surface area contributed by atoms with Crippen molar-refractivity contribution >= 4 is 57.8 Å². The van der Waals surface area contributed by atoms with E-state index in [9.17, 15) is 14.4 Å². The monoisotopic (exact) mass is 516 g/mol. The number of thioether (sulfide) groups is 1. The summed E-state index contributed by atoms with van der Waals surface area (Å²) in [5.74, 6) is -0.714. The Morgan fingerprint density at radius 3 is 2.31 bits per heavy atom. The molecule has 0 radical (unpaired) electrons. The zero-order valence-electron chi connectivity index (χ0n) is 19.6. The number of benzene rings is 3. The molecule has 4 rings (SSSR count). The largest absolute Gasteiger partial charge is 0.465 e. The van der Waals surface area contributed by atoms with Gasteiger partial charge in [-0.2, -0.15) is 0 Å². The van der Waals surface area contributed by atoms with Crippen molar-refractivity contribution in [3.05, 3.63) is 94.9 Å². The van der Waals surface area contributed by atoms with Crippen LogP contribution in [0.4, 0.5) is 5.69 Å². The second-order valence-corrected chi connectivity index (χ2v) is 9.72. The summed E-state index contributed by atoms with van der Waals surface area (Å²) in [7, 11) is 1.33. The maximum absolute atomic E-state index is 12.8. The molecular formula is C28H24N2O4S2. The molecule has 182 valence electrons. The van der Waals surface area contributed by atoms with Crippen LogP contribution in [0.2, 0.25) is 0 Å². The van der Waals surface area contributed by atoms with Gasteiger partial charge in [-0.25, -0.2) is 4.79 Å². The van der Waals surface area contributed by atoms with Gasteiger partial charge in [-0.05, 0) is 53.5 Å². The maximum Gasteiger partial charge on any atom is 0.337 e. The van der Waals surface area contributed by atoms with Crippen LogP contribution in [0.25, 0.3) is 17.2 Å². The predicted octanol–water partition coefficient (Wildman–Crippen LogP) is 5.76. The van der Waals surface area contributed by atoms with Crippen LogP contribution >= 0.6 is 24.0 Å². The van der Waals surface area contributed by atoms with Crippen molar-refractivity contribution in [3.8, 4) is 11.1 Å². The smallest absolute Gasteiger partial charge is 0.337 e. The first kappa shape index (κ1) is 25.3. The number of methoxy groups -OCH3 is 1. The number of carbonyl (C=O) groups is 3. The number of rotatable bonds is 8. The van der Waals surface area contributed by atoms with E-state index >= 15 is 0 Å². The highest BCUT2D eigenvalue weighted by Crippen LogP contribution is 2.32. The lowest BCUT2D eigenvalue weighted by molar-refractivity contribution is -0.122.